The van der Waals surface area contributed by atoms with Gasteiger partial charge in [0.25, 0.3) is 0 Å². The van der Waals surface area contributed by atoms with Crippen LogP contribution in [-0.4, -0.2) is 37.3 Å². The number of alkyl halides is 2. The molecule has 1 heterocycles. The fourth-order valence-corrected chi connectivity index (χ4v) is 2.30. The quantitative estimate of drug-likeness (QED) is 0.862. The third kappa shape index (κ3) is 3.18. The molecule has 0 radical (unpaired) electrons. The predicted octanol–water partition coefficient (Wildman–Crippen LogP) is 0.939. The lowest BCUT2D eigenvalue weighted by Crippen LogP contribution is -2.34. The molecule has 2 rings (SSSR count). The molecule has 1 aromatic heterocycles. The van der Waals surface area contributed by atoms with E-state index in [2.05, 4.69) is 15.4 Å². The normalized spacial score (nSPS) is 25.8. The van der Waals surface area contributed by atoms with Crippen LogP contribution in [0.2, 0.25) is 0 Å². The Morgan fingerprint density at radius 1 is 1.59 bits per heavy atom. The van der Waals surface area contributed by atoms with Gasteiger partial charge in [-0.1, -0.05) is 0 Å². The lowest BCUT2D eigenvalue weighted by Gasteiger charge is -2.31. The van der Waals surface area contributed by atoms with Gasteiger partial charge in [0.15, 0.2) is 5.82 Å². The van der Waals surface area contributed by atoms with Gasteiger partial charge in [-0.2, -0.15) is 4.80 Å². The van der Waals surface area contributed by atoms with Crippen molar-refractivity contribution in [3.8, 4) is 0 Å². The minimum Gasteiger partial charge on any atom is -0.392 e. The highest BCUT2D eigenvalue weighted by Crippen LogP contribution is 2.38. The van der Waals surface area contributed by atoms with Crippen LogP contribution in [0.15, 0.2) is 0 Å². The number of aliphatic hydroxyl groups is 1. The van der Waals surface area contributed by atoms with Crippen LogP contribution in [0.25, 0.3) is 0 Å². The van der Waals surface area contributed by atoms with Gasteiger partial charge < -0.3 is 5.11 Å². The zero-order chi connectivity index (χ0) is 12.5. The molecule has 0 bridgehead atoms. The van der Waals surface area contributed by atoms with E-state index >= 15 is 0 Å². The second-order valence-electron chi connectivity index (χ2n) is 4.68. The van der Waals surface area contributed by atoms with E-state index in [-0.39, 0.29) is 25.2 Å². The molecule has 0 saturated heterocycles. The van der Waals surface area contributed by atoms with Gasteiger partial charge in [0.05, 0.1) is 13.2 Å². The van der Waals surface area contributed by atoms with Gasteiger partial charge in [0.1, 0.15) is 0 Å². The minimum atomic E-state index is -2.64. The van der Waals surface area contributed by atoms with Crippen molar-refractivity contribution >= 4 is 0 Å². The largest absolute Gasteiger partial charge is 0.392 e. The maximum atomic E-state index is 13.2. The summed E-state index contributed by atoms with van der Waals surface area (Å²) >= 11 is 0. The molecule has 1 saturated carbocycles. The van der Waals surface area contributed by atoms with Crippen LogP contribution in [0.3, 0.4) is 0 Å². The van der Waals surface area contributed by atoms with Crippen molar-refractivity contribution in [2.24, 2.45) is 13.0 Å². The standard InChI is InChI=1S/C10H16F2N4O/c1-16-14-9(13-15-16)5-8(17)7-3-2-4-10(11,12)6-7/h7-8,17H,2-6H2,1H3. The Hall–Kier alpha value is -1.11. The molecule has 1 aliphatic carbocycles. The Kier molecular flexibility index (Phi) is 3.37. The molecule has 1 aliphatic rings. The number of nitrogens with zero attached hydrogens (tertiary/aromatic N) is 4. The molecule has 5 nitrogen and oxygen atoms in total. The molecular weight excluding hydrogens is 230 g/mol. The van der Waals surface area contributed by atoms with Crippen molar-refractivity contribution in [2.75, 3.05) is 0 Å². The molecule has 0 spiro atoms. The number of rotatable bonds is 3. The van der Waals surface area contributed by atoms with Crippen LogP contribution < -0.4 is 0 Å². The molecule has 2 unspecified atom stereocenters. The smallest absolute Gasteiger partial charge is 0.248 e. The molecule has 96 valence electrons. The van der Waals surface area contributed by atoms with E-state index in [4.69, 9.17) is 0 Å². The second-order valence-corrected chi connectivity index (χ2v) is 4.68. The van der Waals surface area contributed by atoms with Crippen molar-refractivity contribution < 1.29 is 13.9 Å². The van der Waals surface area contributed by atoms with E-state index in [0.29, 0.717) is 18.7 Å². The van der Waals surface area contributed by atoms with Gasteiger partial charge in [-0.3, -0.25) is 0 Å². The molecular formula is C10H16F2N4O. The SMILES string of the molecule is Cn1nnc(CC(O)C2CCCC(F)(F)C2)n1. The zero-order valence-electron chi connectivity index (χ0n) is 9.68. The molecule has 7 heteroatoms. The van der Waals surface area contributed by atoms with E-state index in [0.717, 1.165) is 0 Å². The Bertz CT molecular complexity index is 382. The first-order valence-electron chi connectivity index (χ1n) is 5.75. The summed E-state index contributed by atoms with van der Waals surface area (Å²) in [4.78, 5) is 1.29. The molecule has 1 fully saturated rings. The number of hydrogen-bond donors (Lipinski definition) is 1. The fraction of sp³-hybridized carbons (Fsp3) is 0.900. The third-order valence-electron chi connectivity index (χ3n) is 3.16. The summed E-state index contributed by atoms with van der Waals surface area (Å²) in [6.07, 6.45) is 0.160. The van der Waals surface area contributed by atoms with Crippen LogP contribution in [0, 0.1) is 5.92 Å². The van der Waals surface area contributed by atoms with Crippen molar-refractivity contribution in [2.45, 2.75) is 44.1 Å². The van der Waals surface area contributed by atoms with Gasteiger partial charge in [-0.05, 0) is 24.0 Å². The number of hydrogen-bond acceptors (Lipinski definition) is 4. The van der Waals surface area contributed by atoms with Crippen molar-refractivity contribution in [3.63, 3.8) is 0 Å². The van der Waals surface area contributed by atoms with Crippen LogP contribution in [0.1, 0.15) is 31.5 Å². The number of aliphatic hydroxyl groups excluding tert-OH is 1. The first kappa shape index (κ1) is 12.3. The van der Waals surface area contributed by atoms with E-state index in [1.807, 2.05) is 0 Å². The molecule has 1 N–H and O–H groups in total. The summed E-state index contributed by atoms with van der Waals surface area (Å²) in [5.41, 5.74) is 0. The van der Waals surface area contributed by atoms with Gasteiger partial charge in [-0.25, -0.2) is 8.78 Å². The highest BCUT2D eigenvalue weighted by molar-refractivity contribution is 4.88. The van der Waals surface area contributed by atoms with Gasteiger partial charge >= 0.3 is 0 Å². The summed E-state index contributed by atoms with van der Waals surface area (Å²) in [6, 6.07) is 0. The lowest BCUT2D eigenvalue weighted by atomic mass is 9.82. The van der Waals surface area contributed by atoms with Gasteiger partial charge in [0.2, 0.25) is 5.92 Å². The van der Waals surface area contributed by atoms with E-state index in [1.165, 1.54) is 4.80 Å². The Morgan fingerprint density at radius 3 is 2.94 bits per heavy atom. The monoisotopic (exact) mass is 246 g/mol. The molecule has 0 aromatic carbocycles. The Labute approximate surface area is 97.8 Å². The first-order chi connectivity index (χ1) is 7.96. The summed E-state index contributed by atoms with van der Waals surface area (Å²) in [7, 11) is 1.62. The maximum Gasteiger partial charge on any atom is 0.248 e. The van der Waals surface area contributed by atoms with Crippen LogP contribution in [-0.2, 0) is 13.5 Å². The minimum absolute atomic E-state index is 0.0698. The number of tetrazole rings is 1. The van der Waals surface area contributed by atoms with Crippen LogP contribution in [0.4, 0.5) is 8.78 Å². The number of halogens is 2. The van der Waals surface area contributed by atoms with Crippen LogP contribution in [0.5, 0.6) is 0 Å². The third-order valence-corrected chi connectivity index (χ3v) is 3.16. The topological polar surface area (TPSA) is 63.8 Å². The lowest BCUT2D eigenvalue weighted by molar-refractivity contribution is -0.0754. The van der Waals surface area contributed by atoms with Gasteiger partial charge in [-0.15, -0.1) is 10.2 Å². The second kappa shape index (κ2) is 4.64. The Balaban J connectivity index is 1.93. The summed E-state index contributed by atoms with van der Waals surface area (Å²) in [6.45, 7) is 0. The average Bonchev–Trinajstić information content (AvgIpc) is 2.62. The van der Waals surface area contributed by atoms with E-state index in [9.17, 15) is 13.9 Å². The summed E-state index contributed by atoms with van der Waals surface area (Å²) in [5.74, 6) is -2.61. The Morgan fingerprint density at radius 2 is 2.35 bits per heavy atom. The first-order valence-corrected chi connectivity index (χ1v) is 5.75. The molecule has 0 aliphatic heterocycles. The highest BCUT2D eigenvalue weighted by atomic mass is 19.3. The van der Waals surface area contributed by atoms with Crippen LogP contribution >= 0.6 is 0 Å². The highest BCUT2D eigenvalue weighted by Gasteiger charge is 2.39. The number of aryl methyl sites for hydroxylation is 1. The number of aromatic nitrogens is 4. The molecule has 2 atom stereocenters. The van der Waals surface area contributed by atoms with Crippen molar-refractivity contribution in [1.29, 1.82) is 0 Å². The summed E-state index contributed by atoms with van der Waals surface area (Å²) in [5, 5.41) is 21.2. The maximum absolute atomic E-state index is 13.2. The zero-order valence-corrected chi connectivity index (χ0v) is 9.68. The molecule has 1 aromatic rings. The van der Waals surface area contributed by atoms with Gasteiger partial charge in [0, 0.05) is 19.3 Å². The van der Waals surface area contributed by atoms with E-state index in [1.54, 1.807) is 7.05 Å². The van der Waals surface area contributed by atoms with Crippen molar-refractivity contribution in [3.05, 3.63) is 5.82 Å². The summed E-state index contributed by atoms with van der Waals surface area (Å²) < 4.78 is 26.4. The molecule has 0 amide bonds. The van der Waals surface area contributed by atoms with E-state index < -0.39 is 12.0 Å². The predicted molar refractivity (Wildman–Crippen MR) is 55.4 cm³/mol. The average molecular weight is 246 g/mol. The fourth-order valence-electron chi connectivity index (χ4n) is 2.30. The van der Waals surface area contributed by atoms with Crippen molar-refractivity contribution in [1.82, 2.24) is 20.2 Å². The molecule has 17 heavy (non-hydrogen) atoms.